The number of rotatable bonds is 5. The Kier molecular flexibility index (Phi) is 4.52. The van der Waals surface area contributed by atoms with Crippen molar-refractivity contribution in [1.82, 2.24) is 4.90 Å². The van der Waals surface area contributed by atoms with Crippen LogP contribution < -0.4 is 0 Å². The van der Waals surface area contributed by atoms with Crippen molar-refractivity contribution in [3.8, 4) is 0 Å². The number of benzene rings is 1. The average molecular weight is 249 g/mol. The van der Waals surface area contributed by atoms with Crippen LogP contribution in [0.2, 0.25) is 0 Å². The minimum atomic E-state index is -0.957. The SMILES string of the molecule is CCN(CC)C(C)(C(=O)O)c1ccc(C)cc1C. The number of nitrogens with zero attached hydrogens (tertiary/aromatic N) is 1. The lowest BCUT2D eigenvalue weighted by atomic mass is 9.86. The molecule has 0 amide bonds. The molecule has 0 spiro atoms. The van der Waals surface area contributed by atoms with Crippen LogP contribution in [0.5, 0.6) is 0 Å². The summed E-state index contributed by atoms with van der Waals surface area (Å²) in [5, 5.41) is 9.67. The van der Waals surface area contributed by atoms with Gasteiger partial charge < -0.3 is 5.11 Å². The molecule has 0 bridgehead atoms. The lowest BCUT2D eigenvalue weighted by molar-refractivity contribution is -0.151. The van der Waals surface area contributed by atoms with E-state index in [1.165, 1.54) is 0 Å². The van der Waals surface area contributed by atoms with Crippen LogP contribution in [0.15, 0.2) is 18.2 Å². The fraction of sp³-hybridized carbons (Fsp3) is 0.533. The third kappa shape index (κ3) is 2.41. The van der Waals surface area contributed by atoms with E-state index in [1.54, 1.807) is 6.92 Å². The van der Waals surface area contributed by atoms with Gasteiger partial charge in [0.25, 0.3) is 0 Å². The van der Waals surface area contributed by atoms with E-state index in [1.807, 2.05) is 50.8 Å². The van der Waals surface area contributed by atoms with E-state index in [0.29, 0.717) is 13.1 Å². The van der Waals surface area contributed by atoms with Gasteiger partial charge in [-0.15, -0.1) is 0 Å². The fourth-order valence-electron chi connectivity index (χ4n) is 2.64. The highest BCUT2D eigenvalue weighted by Gasteiger charge is 2.40. The summed E-state index contributed by atoms with van der Waals surface area (Å²) in [5.74, 6) is -0.793. The molecule has 0 heterocycles. The van der Waals surface area contributed by atoms with Gasteiger partial charge >= 0.3 is 5.97 Å². The third-order valence-corrected chi connectivity index (χ3v) is 3.72. The van der Waals surface area contributed by atoms with Crippen molar-refractivity contribution in [3.63, 3.8) is 0 Å². The number of aliphatic carboxylic acids is 1. The smallest absolute Gasteiger partial charge is 0.328 e. The Balaban J connectivity index is 3.40. The monoisotopic (exact) mass is 249 g/mol. The van der Waals surface area contributed by atoms with Crippen LogP contribution in [0.1, 0.15) is 37.5 Å². The molecule has 0 fully saturated rings. The first-order valence-electron chi connectivity index (χ1n) is 6.44. The molecule has 0 aliphatic carbocycles. The molecule has 0 aromatic heterocycles. The summed E-state index contributed by atoms with van der Waals surface area (Å²) in [6.07, 6.45) is 0. The summed E-state index contributed by atoms with van der Waals surface area (Å²) in [5.41, 5.74) is 2.11. The maximum Gasteiger partial charge on any atom is 0.328 e. The van der Waals surface area contributed by atoms with Crippen LogP contribution in [0, 0.1) is 13.8 Å². The minimum Gasteiger partial charge on any atom is -0.480 e. The van der Waals surface area contributed by atoms with Crippen molar-refractivity contribution >= 4 is 5.97 Å². The van der Waals surface area contributed by atoms with Crippen LogP contribution in [0.3, 0.4) is 0 Å². The lowest BCUT2D eigenvalue weighted by Crippen LogP contribution is -2.50. The van der Waals surface area contributed by atoms with Gasteiger partial charge in [-0.1, -0.05) is 37.6 Å². The molecule has 1 atom stereocenters. The molecule has 3 nitrogen and oxygen atoms in total. The number of hydrogen-bond acceptors (Lipinski definition) is 2. The largest absolute Gasteiger partial charge is 0.480 e. The predicted molar refractivity (Wildman–Crippen MR) is 73.8 cm³/mol. The van der Waals surface area contributed by atoms with E-state index in [4.69, 9.17) is 0 Å². The first-order chi connectivity index (χ1) is 8.37. The second-order valence-corrected chi connectivity index (χ2v) is 4.87. The highest BCUT2D eigenvalue weighted by Crippen LogP contribution is 2.31. The molecule has 1 N–H and O–H groups in total. The zero-order valence-electron chi connectivity index (χ0n) is 11.9. The Morgan fingerprint density at radius 3 is 2.22 bits per heavy atom. The van der Waals surface area contributed by atoms with Gasteiger partial charge in [0, 0.05) is 0 Å². The fourth-order valence-corrected chi connectivity index (χ4v) is 2.64. The molecule has 1 unspecified atom stereocenters. The van der Waals surface area contributed by atoms with Crippen LogP contribution in [0.4, 0.5) is 0 Å². The number of carboxylic acid groups (broad SMARTS) is 1. The molecule has 18 heavy (non-hydrogen) atoms. The van der Waals surface area contributed by atoms with E-state index in [2.05, 4.69) is 0 Å². The summed E-state index contributed by atoms with van der Waals surface area (Å²) in [6.45, 7) is 11.2. The van der Waals surface area contributed by atoms with Crippen LogP contribution in [0.25, 0.3) is 0 Å². The highest BCUT2D eigenvalue weighted by molar-refractivity contribution is 5.81. The van der Waals surface area contributed by atoms with E-state index < -0.39 is 11.5 Å². The first kappa shape index (κ1) is 14.7. The van der Waals surface area contributed by atoms with Crippen LogP contribution in [-0.2, 0) is 10.3 Å². The number of likely N-dealkylation sites (N-methyl/N-ethyl adjacent to an activating group) is 1. The van der Waals surface area contributed by atoms with E-state index in [-0.39, 0.29) is 0 Å². The van der Waals surface area contributed by atoms with Gasteiger partial charge in [0.2, 0.25) is 0 Å². The maximum atomic E-state index is 11.8. The zero-order valence-corrected chi connectivity index (χ0v) is 11.9. The molecule has 0 radical (unpaired) electrons. The number of hydrogen-bond donors (Lipinski definition) is 1. The number of aryl methyl sites for hydroxylation is 2. The van der Waals surface area contributed by atoms with Gasteiger partial charge in [-0.25, -0.2) is 4.79 Å². The average Bonchev–Trinajstić information content (AvgIpc) is 2.29. The minimum absolute atomic E-state index is 0.715. The summed E-state index contributed by atoms with van der Waals surface area (Å²) in [6, 6.07) is 5.96. The van der Waals surface area contributed by atoms with Crippen LogP contribution in [-0.4, -0.2) is 29.1 Å². The third-order valence-electron chi connectivity index (χ3n) is 3.72. The molecule has 0 aliphatic rings. The first-order valence-corrected chi connectivity index (χ1v) is 6.44. The topological polar surface area (TPSA) is 40.5 Å². The Labute approximate surface area is 109 Å². The van der Waals surface area contributed by atoms with Gasteiger partial charge in [0.05, 0.1) is 0 Å². The normalized spacial score (nSPS) is 14.6. The second kappa shape index (κ2) is 5.53. The van der Waals surface area contributed by atoms with Crippen LogP contribution >= 0.6 is 0 Å². The Morgan fingerprint density at radius 1 is 1.28 bits per heavy atom. The quantitative estimate of drug-likeness (QED) is 0.872. The Bertz CT molecular complexity index is 438. The van der Waals surface area contributed by atoms with E-state index in [9.17, 15) is 9.90 Å². The molecular formula is C15H23NO2. The van der Waals surface area contributed by atoms with Crippen molar-refractivity contribution in [3.05, 3.63) is 34.9 Å². The van der Waals surface area contributed by atoms with Crippen molar-refractivity contribution in [2.24, 2.45) is 0 Å². The number of carboxylic acids is 1. The van der Waals surface area contributed by atoms with Crippen molar-refractivity contribution < 1.29 is 9.90 Å². The van der Waals surface area contributed by atoms with Gasteiger partial charge in [-0.2, -0.15) is 0 Å². The van der Waals surface area contributed by atoms with Gasteiger partial charge in [-0.05, 0) is 45.0 Å². The van der Waals surface area contributed by atoms with E-state index in [0.717, 1.165) is 16.7 Å². The van der Waals surface area contributed by atoms with Crippen molar-refractivity contribution in [2.75, 3.05) is 13.1 Å². The lowest BCUT2D eigenvalue weighted by Gasteiger charge is -2.38. The Morgan fingerprint density at radius 2 is 1.83 bits per heavy atom. The van der Waals surface area contributed by atoms with Crippen molar-refractivity contribution in [1.29, 1.82) is 0 Å². The van der Waals surface area contributed by atoms with Gasteiger partial charge in [-0.3, -0.25) is 4.90 Å². The zero-order chi connectivity index (χ0) is 13.9. The molecule has 0 aliphatic heterocycles. The molecule has 0 saturated heterocycles. The van der Waals surface area contributed by atoms with Gasteiger partial charge in [0.1, 0.15) is 5.54 Å². The molecule has 1 rings (SSSR count). The molecule has 100 valence electrons. The molecule has 0 saturated carbocycles. The molecule has 1 aromatic carbocycles. The summed E-state index contributed by atoms with van der Waals surface area (Å²) in [7, 11) is 0. The number of carbonyl (C=O) groups is 1. The Hall–Kier alpha value is -1.35. The second-order valence-electron chi connectivity index (χ2n) is 4.87. The molecule has 3 heteroatoms. The standard InChI is InChI=1S/C15H23NO2/c1-6-16(7-2)15(5,14(17)18)13-9-8-11(3)10-12(13)4/h8-10H,6-7H2,1-5H3,(H,17,18). The predicted octanol–water partition coefficient (Wildman–Crippen LogP) is 2.95. The van der Waals surface area contributed by atoms with Crippen molar-refractivity contribution in [2.45, 2.75) is 40.2 Å². The highest BCUT2D eigenvalue weighted by atomic mass is 16.4. The van der Waals surface area contributed by atoms with Gasteiger partial charge in [0.15, 0.2) is 0 Å². The van der Waals surface area contributed by atoms with E-state index >= 15 is 0 Å². The molecule has 1 aromatic rings. The summed E-state index contributed by atoms with van der Waals surface area (Å²) >= 11 is 0. The molecular weight excluding hydrogens is 226 g/mol. The summed E-state index contributed by atoms with van der Waals surface area (Å²) in [4.78, 5) is 13.8. The summed E-state index contributed by atoms with van der Waals surface area (Å²) < 4.78 is 0. The maximum absolute atomic E-state index is 11.8.